The van der Waals surface area contributed by atoms with Crippen LogP contribution in [0.25, 0.3) is 0 Å². The van der Waals surface area contributed by atoms with Crippen molar-refractivity contribution in [1.82, 2.24) is 29.9 Å². The van der Waals surface area contributed by atoms with Crippen molar-refractivity contribution in [2.75, 3.05) is 20.1 Å². The highest BCUT2D eigenvalue weighted by Crippen LogP contribution is 2.30. The molecule has 2 aromatic carbocycles. The molecule has 0 aliphatic carbocycles. The third kappa shape index (κ3) is 11.2. The number of carboxylic acids is 1. The summed E-state index contributed by atoms with van der Waals surface area (Å²) in [5, 5.41) is 17.3. The maximum absolute atomic E-state index is 14.1. The topological polar surface area (TPSA) is 194 Å². The van der Waals surface area contributed by atoms with E-state index in [0.29, 0.717) is 18.4 Å². The first kappa shape index (κ1) is 39.2. The molecule has 5 N–H and O–H groups in total. The lowest BCUT2D eigenvalue weighted by molar-refractivity contribution is -0.145. The molecule has 0 bridgehead atoms. The molecule has 4 rings (SSSR count). The highest BCUT2D eigenvalue weighted by Gasteiger charge is 2.44. The fourth-order valence-electron chi connectivity index (χ4n) is 5.98. The van der Waals surface area contributed by atoms with Crippen molar-refractivity contribution in [2.24, 2.45) is 0 Å². The Morgan fingerprint density at radius 2 is 1.73 bits per heavy atom. The molecule has 2 saturated heterocycles. The van der Waals surface area contributed by atoms with Crippen LogP contribution in [0.1, 0.15) is 55.2 Å². The molecule has 14 nitrogen and oxygen atoms in total. The Morgan fingerprint density at radius 1 is 1.02 bits per heavy atom. The van der Waals surface area contributed by atoms with Crippen molar-refractivity contribution in [2.45, 2.75) is 81.8 Å². The minimum Gasteiger partial charge on any atom is -0.480 e. The molecule has 51 heavy (non-hydrogen) atoms. The molecule has 2 aromatic rings. The highest BCUT2D eigenvalue weighted by molar-refractivity contribution is 7.87. The van der Waals surface area contributed by atoms with E-state index in [4.69, 9.17) is 0 Å². The predicted molar refractivity (Wildman–Crippen MR) is 177 cm³/mol. The number of carboxylic acid groups (broad SMARTS) is 1. The number of hydrogen-bond donors (Lipinski definition) is 5. The average Bonchev–Trinajstić information content (AvgIpc) is 3.48. The molecule has 2 aliphatic rings. The van der Waals surface area contributed by atoms with Crippen LogP contribution in [-0.4, -0.2) is 96.6 Å². The lowest BCUT2D eigenvalue weighted by Crippen LogP contribution is -2.55. The van der Waals surface area contributed by atoms with Crippen LogP contribution in [0.15, 0.2) is 54.6 Å². The zero-order chi connectivity index (χ0) is 37.3. The monoisotopic (exact) mass is 738 g/mol. The lowest BCUT2D eigenvalue weighted by Gasteiger charge is -2.29. The third-order valence-corrected chi connectivity index (χ3v) is 10.2. The third-order valence-electron chi connectivity index (χ3n) is 8.63. The summed E-state index contributed by atoms with van der Waals surface area (Å²) in [7, 11) is -2.81. The van der Waals surface area contributed by atoms with E-state index in [1.165, 1.54) is 13.1 Å². The number of nitrogens with zero attached hydrogens (tertiary/aromatic N) is 2. The zero-order valence-corrected chi connectivity index (χ0v) is 28.6. The molecule has 2 fully saturated rings. The summed E-state index contributed by atoms with van der Waals surface area (Å²) < 4.78 is 70.0. The second-order valence-electron chi connectivity index (χ2n) is 12.6. The summed E-state index contributed by atoms with van der Waals surface area (Å²) in [6.07, 6.45) is -5.17. The molecule has 0 spiro atoms. The van der Waals surface area contributed by atoms with Gasteiger partial charge in [0.1, 0.15) is 18.1 Å². The number of fused-ring (bicyclic) bond motifs is 1. The van der Waals surface area contributed by atoms with E-state index in [1.807, 2.05) is 0 Å². The first-order valence-electron chi connectivity index (χ1n) is 16.4. The Bertz CT molecular complexity index is 1690. The van der Waals surface area contributed by atoms with E-state index in [9.17, 15) is 50.7 Å². The van der Waals surface area contributed by atoms with Gasteiger partial charge in [-0.2, -0.15) is 30.6 Å². The van der Waals surface area contributed by atoms with Gasteiger partial charge in [-0.1, -0.05) is 48.5 Å². The van der Waals surface area contributed by atoms with Crippen LogP contribution >= 0.6 is 0 Å². The Hall–Kier alpha value is -4.55. The Labute approximate surface area is 293 Å². The summed E-state index contributed by atoms with van der Waals surface area (Å²) in [6.45, 7) is -0.120. The van der Waals surface area contributed by atoms with Gasteiger partial charge in [0.15, 0.2) is 0 Å². The van der Waals surface area contributed by atoms with Crippen molar-refractivity contribution in [3.63, 3.8) is 0 Å². The molecule has 0 aromatic heterocycles. The summed E-state index contributed by atoms with van der Waals surface area (Å²) >= 11 is 0. The molecule has 4 amide bonds. The van der Waals surface area contributed by atoms with Crippen LogP contribution in [-0.2, 0) is 53.3 Å². The largest absolute Gasteiger partial charge is 0.480 e. The predicted octanol–water partition coefficient (Wildman–Crippen LogP) is 1.32. The van der Waals surface area contributed by atoms with Gasteiger partial charge in [-0.15, -0.1) is 0 Å². The molecule has 18 heteroatoms. The molecule has 0 saturated carbocycles. The summed E-state index contributed by atoms with van der Waals surface area (Å²) in [5.74, 6) is -4.32. The van der Waals surface area contributed by atoms with E-state index in [0.717, 1.165) is 27.4 Å². The molecule has 2 aliphatic heterocycles. The zero-order valence-electron chi connectivity index (χ0n) is 27.8. The molecule has 4 atom stereocenters. The summed E-state index contributed by atoms with van der Waals surface area (Å²) in [4.78, 5) is 66.3. The van der Waals surface area contributed by atoms with Crippen molar-refractivity contribution in [1.29, 1.82) is 0 Å². The normalized spacial score (nSPS) is 22.7. The van der Waals surface area contributed by atoms with Crippen LogP contribution in [0, 0.1) is 0 Å². The standard InChI is InChI=1S/C33H41F3N6O8S/c1-41(19-21-8-3-2-4-9-21)51(49,50)40-24-18-27-30(45)39-26(32(47)48)13-14-28(43)37-15-6-5-12-25(31(46)42(27)20-24)38-29(44)17-22-10-7-11-23(16-22)33(34,35)36/h2-4,7-11,16,24-27,40H,5-6,12-15,17-20H2,1H3,(H,37,43)(H,38,44)(H,39,45)(H,47,48)/t24-,25+,26+,27+/m1/s1. The fraction of sp³-hybridized carbons (Fsp3) is 0.485. The molecular weight excluding hydrogens is 697 g/mol. The maximum Gasteiger partial charge on any atom is 0.416 e. The Balaban J connectivity index is 1.59. The van der Waals surface area contributed by atoms with E-state index >= 15 is 0 Å². The van der Waals surface area contributed by atoms with Gasteiger partial charge in [-0.05, 0) is 49.3 Å². The van der Waals surface area contributed by atoms with Crippen molar-refractivity contribution in [3.05, 3.63) is 71.3 Å². The number of carbonyl (C=O) groups is 5. The first-order valence-corrected chi connectivity index (χ1v) is 17.8. The number of halogens is 3. The van der Waals surface area contributed by atoms with Crippen molar-refractivity contribution < 1.29 is 50.7 Å². The van der Waals surface area contributed by atoms with Gasteiger partial charge >= 0.3 is 12.1 Å². The van der Waals surface area contributed by atoms with Gasteiger partial charge < -0.3 is 26.0 Å². The number of hydrogen-bond acceptors (Lipinski definition) is 7. The van der Waals surface area contributed by atoms with Crippen LogP contribution < -0.4 is 20.7 Å². The van der Waals surface area contributed by atoms with E-state index in [-0.39, 0.29) is 50.9 Å². The molecule has 2 heterocycles. The minimum absolute atomic E-state index is 0.0157. The number of amides is 4. The van der Waals surface area contributed by atoms with E-state index in [2.05, 4.69) is 20.7 Å². The average molecular weight is 739 g/mol. The second-order valence-corrected chi connectivity index (χ2v) is 14.4. The quantitative estimate of drug-likeness (QED) is 0.254. The van der Waals surface area contributed by atoms with E-state index in [1.54, 1.807) is 30.3 Å². The minimum atomic E-state index is -4.64. The summed E-state index contributed by atoms with van der Waals surface area (Å²) in [5.41, 5.74) is -0.202. The van der Waals surface area contributed by atoms with Crippen LogP contribution in [0.4, 0.5) is 13.2 Å². The molecular formula is C33H41F3N6O8S. The number of nitrogens with one attached hydrogen (secondary N) is 4. The van der Waals surface area contributed by atoms with Crippen molar-refractivity contribution >= 4 is 39.8 Å². The van der Waals surface area contributed by atoms with Crippen LogP contribution in [0.3, 0.4) is 0 Å². The number of aliphatic carboxylic acids is 1. The van der Waals surface area contributed by atoms with Gasteiger partial charge in [-0.3, -0.25) is 19.2 Å². The lowest BCUT2D eigenvalue weighted by atomic mass is 10.0. The fourth-order valence-corrected chi connectivity index (χ4v) is 7.07. The molecule has 0 unspecified atom stereocenters. The maximum atomic E-state index is 14.1. The van der Waals surface area contributed by atoms with Gasteiger partial charge in [-0.25, -0.2) is 4.79 Å². The number of rotatable bonds is 9. The van der Waals surface area contributed by atoms with Gasteiger partial charge in [0.2, 0.25) is 23.6 Å². The van der Waals surface area contributed by atoms with Crippen LogP contribution in [0.2, 0.25) is 0 Å². The number of benzene rings is 2. The second kappa shape index (κ2) is 17.1. The van der Waals surface area contributed by atoms with Gasteiger partial charge in [0.25, 0.3) is 10.2 Å². The Morgan fingerprint density at radius 3 is 2.41 bits per heavy atom. The SMILES string of the molecule is CN(Cc1ccccc1)S(=O)(=O)N[C@@H]1C[C@H]2C(=O)N[C@H](C(=O)O)CCC(=O)NCCCC[C@H](NC(=O)Cc3cccc(C(F)(F)F)c3)C(=O)N2C1. The van der Waals surface area contributed by atoms with Crippen LogP contribution in [0.5, 0.6) is 0 Å². The highest BCUT2D eigenvalue weighted by atomic mass is 32.2. The number of carbonyl (C=O) groups excluding carboxylic acids is 4. The van der Waals surface area contributed by atoms with E-state index < -0.39 is 82.1 Å². The first-order chi connectivity index (χ1) is 24.0. The smallest absolute Gasteiger partial charge is 0.416 e. The Kier molecular flexibility index (Phi) is 13.2. The number of alkyl halides is 3. The van der Waals surface area contributed by atoms with Gasteiger partial charge in [0.05, 0.1) is 12.0 Å². The summed E-state index contributed by atoms with van der Waals surface area (Å²) in [6, 6.07) is 7.79. The molecule has 0 radical (unpaired) electrons. The molecule has 278 valence electrons. The van der Waals surface area contributed by atoms with Crippen molar-refractivity contribution in [3.8, 4) is 0 Å². The van der Waals surface area contributed by atoms with Gasteiger partial charge in [0, 0.05) is 39.1 Å².